The topological polar surface area (TPSA) is 96.8 Å². The van der Waals surface area contributed by atoms with Crippen LogP contribution in [0.25, 0.3) is 10.9 Å². The molecule has 2 aromatic heterocycles. The van der Waals surface area contributed by atoms with Gasteiger partial charge < -0.3 is 19.7 Å². The largest absolute Gasteiger partial charge is 0.451 e. The molecule has 3 aliphatic heterocycles. The van der Waals surface area contributed by atoms with Crippen molar-refractivity contribution in [2.24, 2.45) is 10.5 Å². The summed E-state index contributed by atoms with van der Waals surface area (Å²) in [7, 11) is 0. The van der Waals surface area contributed by atoms with Gasteiger partial charge in [0.05, 0.1) is 23.9 Å². The summed E-state index contributed by atoms with van der Waals surface area (Å²) in [4.78, 5) is 16.2. The Hall–Kier alpha value is -3.17. The van der Waals surface area contributed by atoms with Crippen molar-refractivity contribution in [1.82, 2.24) is 20.4 Å². The molecule has 9 nitrogen and oxygen atoms in total. The van der Waals surface area contributed by atoms with E-state index in [2.05, 4.69) is 30.7 Å². The van der Waals surface area contributed by atoms with E-state index in [0.29, 0.717) is 22.6 Å². The molecule has 0 amide bonds. The minimum Gasteiger partial charge on any atom is -0.451 e. The second-order valence-corrected chi connectivity index (χ2v) is 8.96. The fraction of sp³-hybridized carbons (Fsp3) is 0.364. The second kappa shape index (κ2) is 7.46. The number of pyridine rings is 1. The Morgan fingerprint density at radius 1 is 1.25 bits per heavy atom. The van der Waals surface area contributed by atoms with Crippen LogP contribution in [0.4, 0.5) is 17.5 Å². The molecule has 0 aliphatic carbocycles. The van der Waals surface area contributed by atoms with Gasteiger partial charge in [-0.2, -0.15) is 0 Å². The SMILES string of the molecule is CC1=NNC(c2ccc(Nc3ncc4ccnc(N5CCC6(COC6)C5)c4n3)c(Cl)c2)O1. The minimum absolute atomic E-state index is 0.273. The number of ether oxygens (including phenoxy) is 2. The van der Waals surface area contributed by atoms with Crippen LogP contribution in [-0.4, -0.2) is 47.2 Å². The lowest BCUT2D eigenvalue weighted by Crippen LogP contribution is -2.44. The third-order valence-electron chi connectivity index (χ3n) is 6.20. The molecular formula is C22H22ClN7O2. The lowest BCUT2D eigenvalue weighted by molar-refractivity contribution is -0.0985. The molecule has 164 valence electrons. The number of nitrogens with one attached hydrogen (secondary N) is 2. The van der Waals surface area contributed by atoms with E-state index in [1.165, 1.54) is 0 Å². The summed E-state index contributed by atoms with van der Waals surface area (Å²) in [6, 6.07) is 7.59. The van der Waals surface area contributed by atoms with E-state index in [0.717, 1.165) is 55.0 Å². The third kappa shape index (κ3) is 3.37. The first-order valence-corrected chi connectivity index (χ1v) is 10.9. The highest BCUT2D eigenvalue weighted by atomic mass is 35.5. The Bertz CT molecular complexity index is 1230. The summed E-state index contributed by atoms with van der Waals surface area (Å²) >= 11 is 6.53. The average Bonchev–Trinajstić information content (AvgIpc) is 3.42. The van der Waals surface area contributed by atoms with Crippen molar-refractivity contribution in [1.29, 1.82) is 0 Å². The second-order valence-electron chi connectivity index (χ2n) is 8.55. The fourth-order valence-corrected chi connectivity index (χ4v) is 4.64. The smallest absolute Gasteiger partial charge is 0.227 e. The van der Waals surface area contributed by atoms with Crippen molar-refractivity contribution >= 4 is 45.9 Å². The average molecular weight is 452 g/mol. The number of fused-ring (bicyclic) bond motifs is 1. The molecule has 10 heteroatoms. The molecule has 2 saturated heterocycles. The zero-order chi connectivity index (χ0) is 21.7. The van der Waals surface area contributed by atoms with Gasteiger partial charge in [0.25, 0.3) is 0 Å². The van der Waals surface area contributed by atoms with E-state index in [4.69, 9.17) is 26.1 Å². The minimum atomic E-state index is -0.336. The van der Waals surface area contributed by atoms with E-state index in [-0.39, 0.29) is 11.6 Å². The van der Waals surface area contributed by atoms with Crippen LogP contribution >= 0.6 is 11.6 Å². The molecule has 1 spiro atoms. The van der Waals surface area contributed by atoms with Gasteiger partial charge in [-0.3, -0.25) is 5.43 Å². The van der Waals surface area contributed by atoms with E-state index in [1.807, 2.05) is 36.7 Å². The number of rotatable bonds is 4. The van der Waals surface area contributed by atoms with Crippen LogP contribution in [-0.2, 0) is 9.47 Å². The summed E-state index contributed by atoms with van der Waals surface area (Å²) in [5.74, 6) is 1.95. The Balaban J connectivity index is 1.26. The van der Waals surface area contributed by atoms with E-state index >= 15 is 0 Å². The molecule has 0 bridgehead atoms. The molecular weight excluding hydrogens is 430 g/mol. The summed E-state index contributed by atoms with van der Waals surface area (Å²) in [5.41, 5.74) is 5.62. The molecule has 3 aliphatic rings. The Morgan fingerprint density at radius 2 is 2.16 bits per heavy atom. The number of hydrazone groups is 1. The number of nitrogens with zero attached hydrogens (tertiary/aromatic N) is 5. The molecule has 0 radical (unpaired) electrons. The van der Waals surface area contributed by atoms with Crippen LogP contribution < -0.4 is 15.6 Å². The monoisotopic (exact) mass is 451 g/mol. The molecule has 32 heavy (non-hydrogen) atoms. The van der Waals surface area contributed by atoms with Gasteiger partial charge in [0.15, 0.2) is 5.82 Å². The fourth-order valence-electron chi connectivity index (χ4n) is 4.41. The number of aromatic nitrogens is 3. The van der Waals surface area contributed by atoms with Gasteiger partial charge in [0.2, 0.25) is 18.1 Å². The molecule has 1 atom stereocenters. The highest BCUT2D eigenvalue weighted by Gasteiger charge is 2.45. The lowest BCUT2D eigenvalue weighted by atomic mass is 9.85. The molecule has 6 rings (SSSR count). The van der Waals surface area contributed by atoms with Crippen molar-refractivity contribution in [3.8, 4) is 0 Å². The molecule has 2 N–H and O–H groups in total. The number of halogens is 1. The van der Waals surface area contributed by atoms with E-state index in [9.17, 15) is 0 Å². The number of hydrogen-bond acceptors (Lipinski definition) is 9. The summed E-state index contributed by atoms with van der Waals surface area (Å²) in [6.45, 7) is 5.36. The number of hydrogen-bond donors (Lipinski definition) is 2. The predicted molar refractivity (Wildman–Crippen MR) is 122 cm³/mol. The maximum atomic E-state index is 6.53. The van der Waals surface area contributed by atoms with Crippen LogP contribution in [0.15, 0.2) is 41.8 Å². The van der Waals surface area contributed by atoms with Crippen molar-refractivity contribution in [3.63, 3.8) is 0 Å². The van der Waals surface area contributed by atoms with Crippen LogP contribution in [0.2, 0.25) is 5.02 Å². The first-order valence-electron chi connectivity index (χ1n) is 10.6. The van der Waals surface area contributed by atoms with Gasteiger partial charge >= 0.3 is 0 Å². The van der Waals surface area contributed by atoms with Crippen molar-refractivity contribution in [2.45, 2.75) is 19.6 Å². The zero-order valence-corrected chi connectivity index (χ0v) is 18.3. The molecule has 1 aromatic carbocycles. The molecule has 2 fully saturated rings. The standard InChI is InChI=1S/C22H22ClN7O2/c1-13-28-29-20(32-13)14-2-3-17(16(23)8-14)26-21-25-9-15-4-6-24-19(18(15)27-21)30-7-5-22(10-30)11-31-12-22/h2-4,6,8-9,20,29H,5,7,10-12H2,1H3,(H,25,26,27). The predicted octanol–water partition coefficient (Wildman–Crippen LogP) is 3.60. The molecule has 5 heterocycles. The highest BCUT2D eigenvalue weighted by Crippen LogP contribution is 2.40. The molecule has 3 aromatic rings. The summed E-state index contributed by atoms with van der Waals surface area (Å²) in [6.07, 6.45) is 4.41. The Kier molecular flexibility index (Phi) is 4.55. The van der Waals surface area contributed by atoms with Gasteiger partial charge in [-0.25, -0.2) is 15.0 Å². The number of benzene rings is 1. The quantitative estimate of drug-likeness (QED) is 0.621. The number of anilines is 3. The van der Waals surface area contributed by atoms with Crippen molar-refractivity contribution in [2.75, 3.05) is 36.5 Å². The van der Waals surface area contributed by atoms with Crippen molar-refractivity contribution in [3.05, 3.63) is 47.2 Å². The van der Waals surface area contributed by atoms with Gasteiger partial charge in [0, 0.05) is 48.8 Å². The zero-order valence-electron chi connectivity index (χ0n) is 17.5. The van der Waals surface area contributed by atoms with Gasteiger partial charge in [-0.15, -0.1) is 5.10 Å². The Labute approximate surface area is 189 Å². The maximum Gasteiger partial charge on any atom is 0.227 e. The Morgan fingerprint density at radius 3 is 2.88 bits per heavy atom. The summed E-state index contributed by atoms with van der Waals surface area (Å²) < 4.78 is 11.1. The van der Waals surface area contributed by atoms with Crippen LogP contribution in [0, 0.1) is 5.41 Å². The first-order chi connectivity index (χ1) is 15.6. The van der Waals surface area contributed by atoms with Gasteiger partial charge in [-0.05, 0) is 24.6 Å². The van der Waals surface area contributed by atoms with Gasteiger partial charge in [-0.1, -0.05) is 17.7 Å². The first kappa shape index (κ1) is 19.5. The van der Waals surface area contributed by atoms with Gasteiger partial charge in [0.1, 0.15) is 5.52 Å². The van der Waals surface area contributed by atoms with Crippen LogP contribution in [0.5, 0.6) is 0 Å². The third-order valence-corrected chi connectivity index (χ3v) is 6.52. The van der Waals surface area contributed by atoms with E-state index < -0.39 is 0 Å². The molecule has 1 unspecified atom stereocenters. The maximum absolute atomic E-state index is 6.53. The van der Waals surface area contributed by atoms with E-state index in [1.54, 1.807) is 6.92 Å². The molecule has 0 saturated carbocycles. The normalized spacial score (nSPS) is 21.2. The van der Waals surface area contributed by atoms with Crippen molar-refractivity contribution < 1.29 is 9.47 Å². The lowest BCUT2D eigenvalue weighted by Gasteiger charge is -2.37. The summed E-state index contributed by atoms with van der Waals surface area (Å²) in [5, 5.41) is 8.78. The van der Waals surface area contributed by atoms with Crippen LogP contribution in [0.1, 0.15) is 25.1 Å². The van der Waals surface area contributed by atoms with Crippen LogP contribution in [0.3, 0.4) is 0 Å². The highest BCUT2D eigenvalue weighted by molar-refractivity contribution is 6.33.